The molecule has 0 radical (unpaired) electrons. The van der Waals surface area contributed by atoms with E-state index in [1.54, 1.807) is 12.1 Å². The van der Waals surface area contributed by atoms with Crippen LogP contribution in [0.15, 0.2) is 24.3 Å². The van der Waals surface area contributed by atoms with Crippen molar-refractivity contribution in [3.05, 3.63) is 35.4 Å². The second kappa shape index (κ2) is 6.44. The van der Waals surface area contributed by atoms with E-state index >= 15 is 0 Å². The Labute approximate surface area is 90.4 Å². The lowest BCUT2D eigenvalue weighted by Gasteiger charge is -1.99. The third-order valence-electron chi connectivity index (χ3n) is 2.02. The summed E-state index contributed by atoms with van der Waals surface area (Å²) in [7, 11) is 0. The van der Waals surface area contributed by atoms with E-state index in [1.807, 2.05) is 12.1 Å². The van der Waals surface area contributed by atoms with Gasteiger partial charge in [0.15, 0.2) is 0 Å². The van der Waals surface area contributed by atoms with Crippen LogP contribution in [-0.2, 0) is 6.42 Å². The number of carboxylic acids is 1. The predicted molar refractivity (Wildman–Crippen MR) is 59.3 cm³/mol. The Balaban J connectivity index is 0.00000169. The van der Waals surface area contributed by atoms with Gasteiger partial charge in [0.1, 0.15) is 0 Å². The number of carboxylic acid groups (broad SMARTS) is 1. The van der Waals surface area contributed by atoms with E-state index in [9.17, 15) is 4.79 Å². The fourth-order valence-electron chi connectivity index (χ4n) is 1.19. The fourth-order valence-corrected chi connectivity index (χ4v) is 1.19. The molecule has 0 bridgehead atoms. The van der Waals surface area contributed by atoms with Crippen molar-refractivity contribution in [3.63, 3.8) is 0 Å². The Morgan fingerprint density at radius 3 is 2.29 bits per heavy atom. The molecule has 0 unspecified atom stereocenters. The summed E-state index contributed by atoms with van der Waals surface area (Å²) in [5.41, 5.74) is 1.58. The van der Waals surface area contributed by atoms with E-state index in [0.717, 1.165) is 12.8 Å². The Bertz CT molecular complexity index is 280. The van der Waals surface area contributed by atoms with Gasteiger partial charge in [-0.25, -0.2) is 4.79 Å². The van der Waals surface area contributed by atoms with Gasteiger partial charge in [-0.15, -0.1) is 12.4 Å². The Kier molecular flexibility index (Phi) is 5.97. The summed E-state index contributed by atoms with van der Waals surface area (Å²) < 4.78 is 0. The monoisotopic (exact) mass is 214 g/mol. The third-order valence-corrected chi connectivity index (χ3v) is 2.02. The number of aromatic carboxylic acids is 1. The number of halogens is 1. The number of benzene rings is 1. The fraction of sp³-hybridized carbons (Fsp3) is 0.364. The van der Waals surface area contributed by atoms with Crippen LogP contribution in [0.3, 0.4) is 0 Å². The van der Waals surface area contributed by atoms with Crippen LogP contribution in [-0.4, -0.2) is 11.1 Å². The standard InChI is InChI=1S/C11H14O2.ClH/c1-2-3-4-9-5-7-10(8-6-9)11(12)13;/h5-8H,2-4H2,1H3,(H,12,13);1H. The van der Waals surface area contributed by atoms with Crippen LogP contribution in [0.4, 0.5) is 0 Å². The summed E-state index contributed by atoms with van der Waals surface area (Å²) in [6.45, 7) is 2.14. The number of carbonyl (C=O) groups is 1. The first-order valence-corrected chi connectivity index (χ1v) is 4.56. The molecule has 0 atom stereocenters. The highest BCUT2D eigenvalue weighted by atomic mass is 35.5. The first kappa shape index (κ1) is 13.0. The maximum absolute atomic E-state index is 10.5. The molecule has 0 saturated carbocycles. The molecule has 3 heteroatoms. The second-order valence-corrected chi connectivity index (χ2v) is 3.11. The molecule has 1 aromatic rings. The van der Waals surface area contributed by atoms with Crippen molar-refractivity contribution in [2.45, 2.75) is 26.2 Å². The molecule has 0 heterocycles. The van der Waals surface area contributed by atoms with E-state index < -0.39 is 5.97 Å². The van der Waals surface area contributed by atoms with Gasteiger partial charge in [0.2, 0.25) is 0 Å². The van der Waals surface area contributed by atoms with Crippen LogP contribution < -0.4 is 0 Å². The van der Waals surface area contributed by atoms with Gasteiger partial charge in [0.25, 0.3) is 0 Å². The molecule has 0 amide bonds. The van der Waals surface area contributed by atoms with Gasteiger partial charge in [0.05, 0.1) is 5.56 Å². The zero-order valence-corrected chi connectivity index (χ0v) is 9.01. The van der Waals surface area contributed by atoms with Crippen LogP contribution in [0.25, 0.3) is 0 Å². The predicted octanol–water partition coefficient (Wildman–Crippen LogP) is 3.15. The van der Waals surface area contributed by atoms with Crippen molar-refractivity contribution < 1.29 is 9.90 Å². The van der Waals surface area contributed by atoms with E-state index in [-0.39, 0.29) is 12.4 Å². The van der Waals surface area contributed by atoms with Crippen LogP contribution >= 0.6 is 12.4 Å². The van der Waals surface area contributed by atoms with Gasteiger partial charge in [-0.05, 0) is 30.5 Å². The highest BCUT2D eigenvalue weighted by Crippen LogP contribution is 2.07. The van der Waals surface area contributed by atoms with Gasteiger partial charge in [0, 0.05) is 0 Å². The third kappa shape index (κ3) is 3.79. The summed E-state index contributed by atoms with van der Waals surface area (Å²) in [5.74, 6) is -0.859. The van der Waals surface area contributed by atoms with Gasteiger partial charge in [-0.2, -0.15) is 0 Å². The number of aryl methyl sites for hydroxylation is 1. The Morgan fingerprint density at radius 1 is 1.29 bits per heavy atom. The molecule has 0 saturated heterocycles. The van der Waals surface area contributed by atoms with E-state index in [2.05, 4.69) is 6.92 Å². The van der Waals surface area contributed by atoms with Crippen LogP contribution in [0, 0.1) is 0 Å². The minimum atomic E-state index is -0.859. The molecule has 1 aromatic carbocycles. The van der Waals surface area contributed by atoms with Gasteiger partial charge >= 0.3 is 5.97 Å². The molecule has 14 heavy (non-hydrogen) atoms. The van der Waals surface area contributed by atoms with Gasteiger partial charge < -0.3 is 5.11 Å². The van der Waals surface area contributed by atoms with Gasteiger partial charge in [-0.1, -0.05) is 25.5 Å². The zero-order valence-electron chi connectivity index (χ0n) is 8.19. The van der Waals surface area contributed by atoms with E-state index in [1.165, 1.54) is 12.0 Å². The molecule has 0 aromatic heterocycles. The highest BCUT2D eigenvalue weighted by Gasteiger charge is 2.00. The number of hydrogen-bond acceptors (Lipinski definition) is 1. The number of hydrogen-bond donors (Lipinski definition) is 1. The quantitative estimate of drug-likeness (QED) is 0.836. The minimum absolute atomic E-state index is 0. The molecular weight excluding hydrogens is 200 g/mol. The van der Waals surface area contributed by atoms with Crippen LogP contribution in [0.2, 0.25) is 0 Å². The summed E-state index contributed by atoms with van der Waals surface area (Å²) >= 11 is 0. The highest BCUT2D eigenvalue weighted by molar-refractivity contribution is 5.87. The molecule has 0 aliphatic rings. The van der Waals surface area contributed by atoms with Gasteiger partial charge in [-0.3, -0.25) is 0 Å². The number of rotatable bonds is 4. The molecule has 1 N–H and O–H groups in total. The largest absolute Gasteiger partial charge is 0.478 e. The molecule has 0 spiro atoms. The summed E-state index contributed by atoms with van der Waals surface area (Å²) in [6, 6.07) is 7.10. The van der Waals surface area contributed by atoms with Crippen molar-refractivity contribution in [1.82, 2.24) is 0 Å². The molecule has 78 valence electrons. The molecule has 0 fully saturated rings. The Morgan fingerprint density at radius 2 is 1.86 bits per heavy atom. The van der Waals surface area contributed by atoms with E-state index in [4.69, 9.17) is 5.11 Å². The van der Waals surface area contributed by atoms with Crippen molar-refractivity contribution in [3.8, 4) is 0 Å². The van der Waals surface area contributed by atoms with Crippen molar-refractivity contribution in [1.29, 1.82) is 0 Å². The maximum atomic E-state index is 10.5. The average Bonchev–Trinajstić information content (AvgIpc) is 2.15. The average molecular weight is 215 g/mol. The normalized spacial score (nSPS) is 9.21. The zero-order chi connectivity index (χ0) is 9.68. The SMILES string of the molecule is CCCCc1ccc(C(=O)O)cc1.Cl. The maximum Gasteiger partial charge on any atom is 0.335 e. The van der Waals surface area contributed by atoms with E-state index in [0.29, 0.717) is 5.56 Å². The summed E-state index contributed by atoms with van der Waals surface area (Å²) in [6.07, 6.45) is 3.36. The Hall–Kier alpha value is -1.02. The molecule has 1 rings (SSSR count). The molecular formula is C11H15ClO2. The second-order valence-electron chi connectivity index (χ2n) is 3.11. The van der Waals surface area contributed by atoms with Crippen molar-refractivity contribution >= 4 is 18.4 Å². The molecule has 0 aliphatic carbocycles. The lowest BCUT2D eigenvalue weighted by molar-refractivity contribution is 0.0697. The first-order chi connectivity index (χ1) is 6.24. The number of unbranched alkanes of at least 4 members (excludes halogenated alkanes) is 1. The van der Waals surface area contributed by atoms with Crippen LogP contribution in [0.1, 0.15) is 35.7 Å². The van der Waals surface area contributed by atoms with Crippen molar-refractivity contribution in [2.75, 3.05) is 0 Å². The molecule has 2 nitrogen and oxygen atoms in total. The summed E-state index contributed by atoms with van der Waals surface area (Å²) in [5, 5.41) is 8.65. The van der Waals surface area contributed by atoms with Crippen LogP contribution in [0.5, 0.6) is 0 Å². The lowest BCUT2D eigenvalue weighted by Crippen LogP contribution is -1.95. The topological polar surface area (TPSA) is 37.3 Å². The minimum Gasteiger partial charge on any atom is -0.478 e. The molecule has 0 aliphatic heterocycles. The smallest absolute Gasteiger partial charge is 0.335 e. The first-order valence-electron chi connectivity index (χ1n) is 4.56. The van der Waals surface area contributed by atoms with Crippen molar-refractivity contribution in [2.24, 2.45) is 0 Å². The summed E-state index contributed by atoms with van der Waals surface area (Å²) in [4.78, 5) is 10.5. The lowest BCUT2D eigenvalue weighted by atomic mass is 10.1.